The molecule has 2 rings (SSSR count). The molecule has 1 aromatic heterocycles. The molecule has 0 aliphatic heterocycles. The summed E-state index contributed by atoms with van der Waals surface area (Å²) >= 11 is 0. The van der Waals surface area contributed by atoms with Crippen LogP contribution in [0.5, 0.6) is 0 Å². The van der Waals surface area contributed by atoms with Crippen molar-refractivity contribution in [3.05, 3.63) is 17.6 Å². The third-order valence-electron chi connectivity index (χ3n) is 4.27. The second-order valence-corrected chi connectivity index (χ2v) is 7.28. The summed E-state index contributed by atoms with van der Waals surface area (Å²) in [5.41, 5.74) is 4.26. The molecule has 1 saturated carbocycles. The number of nitrogen functional groups attached to an aromatic ring is 1. The molecule has 4 heteroatoms. The van der Waals surface area contributed by atoms with Crippen LogP contribution in [0.2, 0.25) is 0 Å². The van der Waals surface area contributed by atoms with E-state index in [1.807, 2.05) is 6.07 Å². The summed E-state index contributed by atoms with van der Waals surface area (Å²) < 4.78 is 0. The van der Waals surface area contributed by atoms with Gasteiger partial charge >= 0.3 is 0 Å². The minimum atomic E-state index is 0.473. The van der Waals surface area contributed by atoms with Gasteiger partial charge in [-0.3, -0.25) is 0 Å². The monoisotopic (exact) mass is 276 g/mol. The molecule has 1 heterocycles. The lowest BCUT2D eigenvalue weighted by molar-refractivity contribution is 0.220. The average molecular weight is 276 g/mol. The fourth-order valence-electron chi connectivity index (χ4n) is 2.95. The number of aromatic nitrogens is 2. The molecule has 0 amide bonds. The predicted molar refractivity (Wildman–Crippen MR) is 83.4 cm³/mol. The van der Waals surface area contributed by atoms with Gasteiger partial charge in [-0.25, -0.2) is 15.8 Å². The summed E-state index contributed by atoms with van der Waals surface area (Å²) in [6.07, 6.45) is 5.84. The molecule has 0 aromatic carbocycles. The Kier molecular flexibility index (Phi) is 4.63. The summed E-state index contributed by atoms with van der Waals surface area (Å²) in [6.45, 7) is 9.12. The van der Waals surface area contributed by atoms with E-state index in [0.717, 1.165) is 23.8 Å². The molecule has 4 nitrogen and oxygen atoms in total. The van der Waals surface area contributed by atoms with E-state index in [1.165, 1.54) is 25.7 Å². The summed E-state index contributed by atoms with van der Waals surface area (Å²) in [5.74, 6) is 8.35. The van der Waals surface area contributed by atoms with Crippen LogP contribution >= 0.6 is 0 Å². The van der Waals surface area contributed by atoms with E-state index >= 15 is 0 Å². The van der Waals surface area contributed by atoms with Crippen molar-refractivity contribution < 1.29 is 0 Å². The van der Waals surface area contributed by atoms with E-state index < -0.39 is 0 Å². The topological polar surface area (TPSA) is 63.8 Å². The van der Waals surface area contributed by atoms with Crippen molar-refractivity contribution in [1.29, 1.82) is 0 Å². The van der Waals surface area contributed by atoms with Gasteiger partial charge in [-0.15, -0.1) is 0 Å². The van der Waals surface area contributed by atoms with Gasteiger partial charge in [0, 0.05) is 17.7 Å². The van der Waals surface area contributed by atoms with Crippen molar-refractivity contribution >= 4 is 5.82 Å². The first kappa shape index (κ1) is 15.2. The SMILES string of the molecule is CC(C)Cc1cc(NN)nc(C2CCC(C)(C)CC2)n1. The van der Waals surface area contributed by atoms with Crippen LogP contribution in [0.25, 0.3) is 0 Å². The van der Waals surface area contributed by atoms with E-state index in [0.29, 0.717) is 17.3 Å². The molecule has 0 bridgehead atoms. The Bertz CT molecular complexity index is 444. The molecular formula is C16H28N4. The van der Waals surface area contributed by atoms with Gasteiger partial charge < -0.3 is 5.43 Å². The third-order valence-corrected chi connectivity index (χ3v) is 4.27. The molecule has 0 radical (unpaired) electrons. The number of anilines is 1. The van der Waals surface area contributed by atoms with E-state index in [1.54, 1.807) is 0 Å². The van der Waals surface area contributed by atoms with E-state index in [9.17, 15) is 0 Å². The highest BCUT2D eigenvalue weighted by molar-refractivity contribution is 5.35. The van der Waals surface area contributed by atoms with E-state index in [4.69, 9.17) is 10.8 Å². The van der Waals surface area contributed by atoms with Crippen molar-refractivity contribution in [3.63, 3.8) is 0 Å². The van der Waals surface area contributed by atoms with Crippen LogP contribution in [0.4, 0.5) is 5.82 Å². The van der Waals surface area contributed by atoms with Crippen LogP contribution in [0.3, 0.4) is 0 Å². The van der Waals surface area contributed by atoms with Crippen molar-refractivity contribution in [3.8, 4) is 0 Å². The second kappa shape index (κ2) is 6.08. The van der Waals surface area contributed by atoms with Crippen LogP contribution in [0, 0.1) is 11.3 Å². The summed E-state index contributed by atoms with van der Waals surface area (Å²) in [5, 5.41) is 0. The lowest BCUT2D eigenvalue weighted by Gasteiger charge is -2.33. The van der Waals surface area contributed by atoms with Crippen molar-refractivity contribution in [1.82, 2.24) is 9.97 Å². The minimum Gasteiger partial charge on any atom is -0.308 e. The van der Waals surface area contributed by atoms with E-state index in [-0.39, 0.29) is 0 Å². The highest BCUT2D eigenvalue weighted by atomic mass is 15.3. The fourth-order valence-corrected chi connectivity index (χ4v) is 2.95. The Morgan fingerprint density at radius 2 is 1.95 bits per heavy atom. The summed E-state index contributed by atoms with van der Waals surface area (Å²) in [6, 6.07) is 1.97. The molecule has 1 aromatic rings. The van der Waals surface area contributed by atoms with Gasteiger partial charge in [0.2, 0.25) is 0 Å². The molecule has 1 aliphatic carbocycles. The van der Waals surface area contributed by atoms with Crippen LogP contribution in [0.1, 0.15) is 70.8 Å². The number of nitrogens with zero attached hydrogens (tertiary/aromatic N) is 2. The first-order valence-electron chi connectivity index (χ1n) is 7.74. The van der Waals surface area contributed by atoms with Crippen LogP contribution in [0.15, 0.2) is 6.07 Å². The number of hydrazine groups is 1. The molecule has 1 fully saturated rings. The number of rotatable bonds is 4. The van der Waals surface area contributed by atoms with Gasteiger partial charge in [0.05, 0.1) is 0 Å². The van der Waals surface area contributed by atoms with Crippen LogP contribution < -0.4 is 11.3 Å². The van der Waals surface area contributed by atoms with Gasteiger partial charge in [0.15, 0.2) is 0 Å². The van der Waals surface area contributed by atoms with Gasteiger partial charge in [-0.1, -0.05) is 27.7 Å². The zero-order valence-electron chi connectivity index (χ0n) is 13.2. The molecule has 112 valence electrons. The van der Waals surface area contributed by atoms with Gasteiger partial charge in [-0.05, 0) is 43.4 Å². The first-order valence-corrected chi connectivity index (χ1v) is 7.74. The maximum Gasteiger partial charge on any atom is 0.143 e. The number of hydrogen-bond donors (Lipinski definition) is 2. The Morgan fingerprint density at radius 3 is 2.50 bits per heavy atom. The second-order valence-electron chi connectivity index (χ2n) is 7.28. The maximum absolute atomic E-state index is 5.55. The number of nitrogens with two attached hydrogens (primary N) is 1. The standard InChI is InChI=1S/C16H28N4/c1-11(2)9-13-10-14(20-17)19-15(18-13)12-5-7-16(3,4)8-6-12/h10-12H,5-9,17H2,1-4H3,(H,18,19,20). The average Bonchev–Trinajstić information content (AvgIpc) is 2.37. The van der Waals surface area contributed by atoms with Crippen molar-refractivity contribution in [2.24, 2.45) is 17.2 Å². The Hall–Kier alpha value is -1.16. The summed E-state index contributed by atoms with van der Waals surface area (Å²) in [4.78, 5) is 9.37. The smallest absolute Gasteiger partial charge is 0.143 e. The lowest BCUT2D eigenvalue weighted by Crippen LogP contribution is -2.22. The van der Waals surface area contributed by atoms with E-state index in [2.05, 4.69) is 38.1 Å². The van der Waals surface area contributed by atoms with Gasteiger partial charge in [0.25, 0.3) is 0 Å². The minimum absolute atomic E-state index is 0.473. The van der Waals surface area contributed by atoms with Crippen LogP contribution in [-0.2, 0) is 6.42 Å². The molecule has 1 aliphatic rings. The Labute approximate surface area is 122 Å². The lowest BCUT2D eigenvalue weighted by atomic mass is 9.73. The highest BCUT2D eigenvalue weighted by Crippen LogP contribution is 2.41. The van der Waals surface area contributed by atoms with Gasteiger partial charge in [-0.2, -0.15) is 0 Å². The van der Waals surface area contributed by atoms with Crippen molar-refractivity contribution in [2.75, 3.05) is 5.43 Å². The first-order chi connectivity index (χ1) is 9.39. The largest absolute Gasteiger partial charge is 0.308 e. The zero-order valence-corrected chi connectivity index (χ0v) is 13.2. The molecular weight excluding hydrogens is 248 g/mol. The normalized spacial score (nSPS) is 19.3. The predicted octanol–water partition coefficient (Wildman–Crippen LogP) is 3.64. The molecule has 0 saturated heterocycles. The molecule has 20 heavy (non-hydrogen) atoms. The Morgan fingerprint density at radius 1 is 1.30 bits per heavy atom. The third kappa shape index (κ3) is 3.92. The van der Waals surface area contributed by atoms with Crippen LogP contribution in [-0.4, -0.2) is 9.97 Å². The maximum atomic E-state index is 5.55. The fraction of sp³-hybridized carbons (Fsp3) is 0.750. The summed E-state index contributed by atoms with van der Waals surface area (Å²) in [7, 11) is 0. The quantitative estimate of drug-likeness (QED) is 0.651. The Balaban J connectivity index is 2.18. The zero-order chi connectivity index (χ0) is 14.8. The highest BCUT2D eigenvalue weighted by Gasteiger charge is 2.29. The molecule has 0 atom stereocenters. The molecule has 0 unspecified atom stereocenters. The number of nitrogens with one attached hydrogen (secondary N) is 1. The van der Waals surface area contributed by atoms with Crippen molar-refractivity contribution in [2.45, 2.75) is 65.7 Å². The molecule has 3 N–H and O–H groups in total. The van der Waals surface area contributed by atoms with Gasteiger partial charge in [0.1, 0.15) is 11.6 Å². The number of hydrogen-bond acceptors (Lipinski definition) is 4. The molecule has 0 spiro atoms.